The van der Waals surface area contributed by atoms with E-state index in [2.05, 4.69) is 15.3 Å². The second kappa shape index (κ2) is 3.70. The first-order chi connectivity index (χ1) is 8.62. The number of fused-ring (bicyclic) bond motifs is 3. The Morgan fingerprint density at radius 2 is 2.00 bits per heavy atom. The van der Waals surface area contributed by atoms with Crippen LogP contribution in [-0.4, -0.2) is 17.0 Å². The molecule has 2 aromatic rings. The van der Waals surface area contributed by atoms with Crippen molar-refractivity contribution in [2.45, 2.75) is 19.4 Å². The van der Waals surface area contributed by atoms with Crippen LogP contribution >= 0.6 is 0 Å². The molecule has 1 aromatic carbocycles. The highest BCUT2D eigenvalue weighted by Gasteiger charge is 2.33. The molecule has 18 heavy (non-hydrogen) atoms. The minimum atomic E-state index is -0.407. The summed E-state index contributed by atoms with van der Waals surface area (Å²) in [7, 11) is 1.82. The van der Waals surface area contributed by atoms with E-state index in [1.807, 2.05) is 51.4 Å². The first-order valence-electron chi connectivity index (χ1n) is 5.95. The smallest absolute Gasteiger partial charge is 0.222 e. The van der Waals surface area contributed by atoms with E-state index in [1.165, 1.54) is 0 Å². The molecule has 1 aliphatic rings. The van der Waals surface area contributed by atoms with Crippen LogP contribution in [0.4, 0.5) is 5.95 Å². The Labute approximate surface area is 106 Å². The topological polar surface area (TPSA) is 47.0 Å². The van der Waals surface area contributed by atoms with Crippen LogP contribution in [-0.2, 0) is 5.60 Å². The van der Waals surface area contributed by atoms with Crippen molar-refractivity contribution < 1.29 is 4.74 Å². The molecule has 0 spiro atoms. The van der Waals surface area contributed by atoms with Crippen molar-refractivity contribution in [3.05, 3.63) is 36.0 Å². The van der Waals surface area contributed by atoms with E-state index in [4.69, 9.17) is 4.74 Å². The fraction of sp³-hybridized carbons (Fsp3) is 0.286. The van der Waals surface area contributed by atoms with Gasteiger partial charge < -0.3 is 10.1 Å². The molecule has 4 heteroatoms. The summed E-state index contributed by atoms with van der Waals surface area (Å²) in [6.45, 7) is 4.06. The van der Waals surface area contributed by atoms with Crippen LogP contribution < -0.4 is 10.1 Å². The fourth-order valence-corrected chi connectivity index (χ4v) is 2.23. The maximum atomic E-state index is 6.02. The number of para-hydroxylation sites is 1. The Kier molecular flexibility index (Phi) is 2.26. The highest BCUT2D eigenvalue weighted by molar-refractivity contribution is 5.73. The minimum absolute atomic E-state index is 0.407. The quantitative estimate of drug-likeness (QED) is 0.834. The van der Waals surface area contributed by atoms with E-state index >= 15 is 0 Å². The summed E-state index contributed by atoms with van der Waals surface area (Å²) in [4.78, 5) is 8.84. The van der Waals surface area contributed by atoms with Gasteiger partial charge in [-0.25, -0.2) is 9.97 Å². The monoisotopic (exact) mass is 241 g/mol. The molecule has 0 amide bonds. The molecule has 0 saturated carbocycles. The largest absolute Gasteiger partial charge is 0.482 e. The van der Waals surface area contributed by atoms with Crippen LogP contribution in [0.3, 0.4) is 0 Å². The van der Waals surface area contributed by atoms with E-state index in [-0.39, 0.29) is 0 Å². The summed E-state index contributed by atoms with van der Waals surface area (Å²) in [5.74, 6) is 1.50. The molecule has 0 bridgehead atoms. The predicted molar refractivity (Wildman–Crippen MR) is 70.7 cm³/mol. The Morgan fingerprint density at radius 3 is 2.78 bits per heavy atom. The Balaban J connectivity index is 2.29. The highest BCUT2D eigenvalue weighted by Crippen LogP contribution is 2.43. The number of rotatable bonds is 1. The molecule has 0 radical (unpaired) electrons. The molecule has 0 atom stereocenters. The predicted octanol–water partition coefficient (Wildman–Crippen LogP) is 2.81. The Bertz CT molecular complexity index is 608. The van der Waals surface area contributed by atoms with E-state index < -0.39 is 5.60 Å². The van der Waals surface area contributed by atoms with Gasteiger partial charge in [0.1, 0.15) is 11.4 Å². The molecule has 1 aliphatic heterocycles. The number of nitrogens with zero attached hydrogens (tertiary/aromatic N) is 2. The Morgan fingerprint density at radius 1 is 1.22 bits per heavy atom. The number of aromatic nitrogens is 2. The Hall–Kier alpha value is -2.10. The van der Waals surface area contributed by atoms with Crippen LogP contribution in [0.2, 0.25) is 0 Å². The fourth-order valence-electron chi connectivity index (χ4n) is 2.23. The van der Waals surface area contributed by atoms with E-state index in [9.17, 15) is 0 Å². The van der Waals surface area contributed by atoms with Crippen molar-refractivity contribution >= 4 is 5.95 Å². The molecule has 92 valence electrons. The molecule has 4 nitrogen and oxygen atoms in total. The van der Waals surface area contributed by atoms with Crippen molar-refractivity contribution in [1.82, 2.24) is 9.97 Å². The lowest BCUT2D eigenvalue weighted by Gasteiger charge is -2.33. The third kappa shape index (κ3) is 1.53. The van der Waals surface area contributed by atoms with Gasteiger partial charge in [0.15, 0.2) is 0 Å². The van der Waals surface area contributed by atoms with Gasteiger partial charge in [-0.1, -0.05) is 12.1 Å². The molecule has 0 fully saturated rings. The SMILES string of the molecule is CNc1ncc2c(n1)-c1ccccc1OC2(C)C. The van der Waals surface area contributed by atoms with Crippen LogP contribution in [0.1, 0.15) is 19.4 Å². The number of ether oxygens (including phenoxy) is 1. The van der Waals surface area contributed by atoms with Gasteiger partial charge >= 0.3 is 0 Å². The lowest BCUT2D eigenvalue weighted by molar-refractivity contribution is 0.105. The molecule has 0 unspecified atom stereocenters. The van der Waals surface area contributed by atoms with Gasteiger partial charge in [-0.2, -0.15) is 0 Å². The number of benzene rings is 1. The van der Waals surface area contributed by atoms with E-state index in [0.29, 0.717) is 5.95 Å². The summed E-state index contributed by atoms with van der Waals surface area (Å²) in [5.41, 5.74) is 2.57. The van der Waals surface area contributed by atoms with Gasteiger partial charge in [0, 0.05) is 24.4 Å². The van der Waals surface area contributed by atoms with Gasteiger partial charge in [0.05, 0.1) is 5.69 Å². The van der Waals surface area contributed by atoms with Crippen molar-refractivity contribution in [2.24, 2.45) is 0 Å². The van der Waals surface area contributed by atoms with E-state index in [1.54, 1.807) is 0 Å². The van der Waals surface area contributed by atoms with Crippen LogP contribution in [0, 0.1) is 0 Å². The molecule has 0 aliphatic carbocycles. The first kappa shape index (κ1) is 11.0. The standard InChI is InChI=1S/C14H15N3O/c1-14(2)10-8-16-13(15-3)17-12(10)9-6-4-5-7-11(9)18-14/h4-8H,1-3H3,(H,15,16,17). The zero-order valence-electron chi connectivity index (χ0n) is 10.7. The summed E-state index contributed by atoms with van der Waals surface area (Å²) >= 11 is 0. The van der Waals surface area contributed by atoms with Crippen molar-refractivity contribution in [2.75, 3.05) is 12.4 Å². The van der Waals surface area contributed by atoms with Crippen LogP contribution in [0.25, 0.3) is 11.3 Å². The first-order valence-corrected chi connectivity index (χ1v) is 5.95. The highest BCUT2D eigenvalue weighted by atomic mass is 16.5. The molecular formula is C14H15N3O. The van der Waals surface area contributed by atoms with Crippen molar-refractivity contribution in [3.63, 3.8) is 0 Å². The summed E-state index contributed by atoms with van der Waals surface area (Å²) < 4.78 is 6.02. The van der Waals surface area contributed by atoms with Crippen molar-refractivity contribution in [1.29, 1.82) is 0 Å². The van der Waals surface area contributed by atoms with Crippen LogP contribution in [0.15, 0.2) is 30.5 Å². The second-order valence-electron chi connectivity index (χ2n) is 4.81. The third-order valence-electron chi connectivity index (χ3n) is 3.17. The maximum absolute atomic E-state index is 6.02. The lowest BCUT2D eigenvalue weighted by Crippen LogP contribution is -2.30. The molecular weight excluding hydrogens is 226 g/mol. The van der Waals surface area contributed by atoms with Crippen LogP contribution in [0.5, 0.6) is 5.75 Å². The van der Waals surface area contributed by atoms with Gasteiger partial charge in [0.25, 0.3) is 0 Å². The second-order valence-corrected chi connectivity index (χ2v) is 4.81. The molecule has 1 aromatic heterocycles. The minimum Gasteiger partial charge on any atom is -0.482 e. The summed E-state index contributed by atoms with van der Waals surface area (Å²) in [6, 6.07) is 7.96. The van der Waals surface area contributed by atoms with Gasteiger partial charge in [-0.15, -0.1) is 0 Å². The zero-order valence-corrected chi connectivity index (χ0v) is 10.7. The summed E-state index contributed by atoms with van der Waals surface area (Å²) in [5, 5.41) is 2.97. The number of nitrogens with one attached hydrogen (secondary N) is 1. The number of hydrogen-bond acceptors (Lipinski definition) is 4. The van der Waals surface area contributed by atoms with Gasteiger partial charge in [0.2, 0.25) is 5.95 Å². The van der Waals surface area contributed by atoms with Gasteiger partial charge in [-0.05, 0) is 26.0 Å². The molecule has 1 N–H and O–H groups in total. The average Bonchev–Trinajstić information content (AvgIpc) is 2.37. The average molecular weight is 241 g/mol. The normalized spacial score (nSPS) is 15.3. The molecule has 2 heterocycles. The number of hydrogen-bond donors (Lipinski definition) is 1. The van der Waals surface area contributed by atoms with E-state index in [0.717, 1.165) is 22.6 Å². The van der Waals surface area contributed by atoms with Gasteiger partial charge in [-0.3, -0.25) is 0 Å². The third-order valence-corrected chi connectivity index (χ3v) is 3.17. The van der Waals surface area contributed by atoms with Crippen molar-refractivity contribution in [3.8, 4) is 17.0 Å². The summed E-state index contributed by atoms with van der Waals surface area (Å²) in [6.07, 6.45) is 1.84. The lowest BCUT2D eigenvalue weighted by atomic mass is 9.91. The zero-order chi connectivity index (χ0) is 12.8. The maximum Gasteiger partial charge on any atom is 0.222 e. The molecule has 0 saturated heterocycles. The molecule has 3 rings (SSSR count). The number of anilines is 1.